The molecule has 32 heavy (non-hydrogen) atoms. The molecule has 1 aliphatic heterocycles. The molecule has 12 heteroatoms. The minimum atomic E-state index is -3.85. The van der Waals surface area contributed by atoms with Crippen LogP contribution in [0.15, 0.2) is 64.4 Å². The van der Waals surface area contributed by atoms with Crippen LogP contribution in [0.5, 0.6) is 0 Å². The number of carbonyl (C=O) groups excluding carboxylic acids is 2. The summed E-state index contributed by atoms with van der Waals surface area (Å²) >= 11 is 0. The highest BCUT2D eigenvalue weighted by Crippen LogP contribution is 2.21. The Morgan fingerprint density at radius 3 is 2.06 bits per heavy atom. The van der Waals surface area contributed by atoms with Crippen LogP contribution in [0.2, 0.25) is 0 Å². The number of hydrazine groups is 1. The van der Waals surface area contributed by atoms with Crippen molar-refractivity contribution in [2.24, 2.45) is 0 Å². The molecular weight excluding hydrogens is 456 g/mol. The Hall–Kier alpha value is -2.80. The van der Waals surface area contributed by atoms with E-state index in [9.17, 15) is 26.4 Å². The van der Waals surface area contributed by atoms with Gasteiger partial charge in [-0.05, 0) is 49.2 Å². The van der Waals surface area contributed by atoms with Crippen LogP contribution in [0, 0.1) is 0 Å². The lowest BCUT2D eigenvalue weighted by atomic mass is 10.2. The van der Waals surface area contributed by atoms with E-state index in [1.807, 2.05) is 0 Å². The van der Waals surface area contributed by atoms with E-state index in [0.717, 1.165) is 17.1 Å². The molecule has 1 saturated heterocycles. The molecule has 1 fully saturated rings. The summed E-state index contributed by atoms with van der Waals surface area (Å²) < 4.78 is 52.2. The molecule has 10 nitrogen and oxygen atoms in total. The summed E-state index contributed by atoms with van der Waals surface area (Å²) in [6, 6.07) is 13.0. The molecule has 1 heterocycles. The Kier molecular flexibility index (Phi) is 7.29. The van der Waals surface area contributed by atoms with Crippen molar-refractivity contribution in [3.05, 3.63) is 60.2 Å². The summed E-state index contributed by atoms with van der Waals surface area (Å²) in [5, 5.41) is 0. The first kappa shape index (κ1) is 23.9. The van der Waals surface area contributed by atoms with Gasteiger partial charge in [-0.15, -0.1) is 0 Å². The Balaban J connectivity index is 1.55. The molecule has 2 aromatic carbocycles. The quantitative estimate of drug-likeness (QED) is 0.556. The first-order valence-electron chi connectivity index (χ1n) is 9.83. The van der Waals surface area contributed by atoms with Gasteiger partial charge in [-0.2, -0.15) is 8.61 Å². The third-order valence-corrected chi connectivity index (χ3v) is 8.68. The average Bonchev–Trinajstić information content (AvgIpc) is 3.34. The zero-order valence-corrected chi connectivity index (χ0v) is 19.0. The van der Waals surface area contributed by atoms with Gasteiger partial charge in [0.15, 0.2) is 0 Å². The maximum Gasteiger partial charge on any atom is 0.269 e. The van der Waals surface area contributed by atoms with Gasteiger partial charge in [-0.25, -0.2) is 16.8 Å². The van der Waals surface area contributed by atoms with Crippen molar-refractivity contribution < 1.29 is 26.4 Å². The summed E-state index contributed by atoms with van der Waals surface area (Å²) in [6.45, 7) is 0.445. The highest BCUT2D eigenvalue weighted by molar-refractivity contribution is 7.89. The number of benzene rings is 2. The van der Waals surface area contributed by atoms with Crippen LogP contribution in [0.4, 0.5) is 0 Å². The number of hydrogen-bond acceptors (Lipinski definition) is 6. The summed E-state index contributed by atoms with van der Waals surface area (Å²) in [7, 11) is -6.19. The van der Waals surface area contributed by atoms with E-state index in [2.05, 4.69) is 10.9 Å². The lowest BCUT2D eigenvalue weighted by Crippen LogP contribution is -2.46. The van der Waals surface area contributed by atoms with Gasteiger partial charge in [0.2, 0.25) is 20.0 Å². The molecule has 0 aromatic heterocycles. The number of hydrogen-bond donors (Lipinski definition) is 2. The van der Waals surface area contributed by atoms with Gasteiger partial charge < -0.3 is 0 Å². The third-order valence-electron chi connectivity index (χ3n) is 4.95. The molecule has 0 aliphatic carbocycles. The Morgan fingerprint density at radius 2 is 1.47 bits per heavy atom. The van der Waals surface area contributed by atoms with Crippen molar-refractivity contribution in [1.29, 1.82) is 0 Å². The molecule has 0 saturated carbocycles. The van der Waals surface area contributed by atoms with Gasteiger partial charge in [0.05, 0.1) is 16.3 Å². The topological polar surface area (TPSA) is 133 Å². The van der Waals surface area contributed by atoms with E-state index in [1.54, 1.807) is 18.2 Å². The number of sulfonamides is 2. The van der Waals surface area contributed by atoms with Crippen LogP contribution in [0.1, 0.15) is 23.2 Å². The van der Waals surface area contributed by atoms with Crippen LogP contribution < -0.4 is 10.9 Å². The molecule has 2 N–H and O–H groups in total. The highest BCUT2D eigenvalue weighted by atomic mass is 32.2. The fourth-order valence-corrected chi connectivity index (χ4v) is 5.82. The second kappa shape index (κ2) is 9.77. The first-order chi connectivity index (χ1) is 15.1. The van der Waals surface area contributed by atoms with Crippen LogP contribution >= 0.6 is 0 Å². The molecule has 0 radical (unpaired) electrons. The average molecular weight is 481 g/mol. The van der Waals surface area contributed by atoms with E-state index < -0.39 is 38.4 Å². The second-order valence-electron chi connectivity index (χ2n) is 7.21. The van der Waals surface area contributed by atoms with E-state index in [-0.39, 0.29) is 15.4 Å². The fraction of sp³-hybridized carbons (Fsp3) is 0.300. The van der Waals surface area contributed by atoms with Gasteiger partial charge in [0.25, 0.3) is 11.8 Å². The number of likely N-dealkylation sites (N-methyl/N-ethyl adjacent to an activating group) is 1. The lowest BCUT2D eigenvalue weighted by Gasteiger charge is -2.17. The van der Waals surface area contributed by atoms with Gasteiger partial charge >= 0.3 is 0 Å². The molecular formula is C20H24N4O6S2. The zero-order valence-electron chi connectivity index (χ0n) is 17.4. The summed E-state index contributed by atoms with van der Waals surface area (Å²) in [5.74, 6) is -1.41. The van der Waals surface area contributed by atoms with E-state index >= 15 is 0 Å². The predicted octanol–water partition coefficient (Wildman–Crippen LogP) is 0.553. The first-order valence-corrected chi connectivity index (χ1v) is 12.7. The molecule has 2 aromatic rings. The summed E-state index contributed by atoms with van der Waals surface area (Å²) in [4.78, 5) is 24.5. The van der Waals surface area contributed by atoms with Crippen LogP contribution in [0.3, 0.4) is 0 Å². The predicted molar refractivity (Wildman–Crippen MR) is 116 cm³/mol. The van der Waals surface area contributed by atoms with Gasteiger partial charge in [0, 0.05) is 25.7 Å². The zero-order chi connectivity index (χ0) is 23.4. The molecule has 1 aliphatic rings. The summed E-state index contributed by atoms with van der Waals surface area (Å²) in [6.07, 6.45) is 1.64. The smallest absolute Gasteiger partial charge is 0.269 e. The molecule has 3 rings (SSSR count). The van der Waals surface area contributed by atoms with E-state index in [1.165, 1.54) is 47.8 Å². The van der Waals surface area contributed by atoms with E-state index in [0.29, 0.717) is 13.1 Å². The lowest BCUT2D eigenvalue weighted by molar-refractivity contribution is -0.121. The number of nitrogens with zero attached hydrogens (tertiary/aromatic N) is 2. The summed E-state index contributed by atoms with van der Waals surface area (Å²) in [5.41, 5.74) is 4.48. The minimum Gasteiger partial charge on any atom is -0.272 e. The molecule has 0 unspecified atom stereocenters. The number of nitrogens with one attached hydrogen (secondary N) is 2. The number of carbonyl (C=O) groups is 2. The minimum absolute atomic E-state index is 0.0447. The Bertz CT molecular complexity index is 1180. The molecule has 2 amide bonds. The SMILES string of the molecule is CN(CC(=O)NNC(=O)c1ccc(S(=O)(=O)N2CCCC2)cc1)S(=O)(=O)c1ccccc1. The van der Waals surface area contributed by atoms with Crippen molar-refractivity contribution in [3.63, 3.8) is 0 Å². The van der Waals surface area contributed by atoms with E-state index in [4.69, 9.17) is 0 Å². The van der Waals surface area contributed by atoms with Crippen molar-refractivity contribution in [2.75, 3.05) is 26.7 Å². The fourth-order valence-electron chi connectivity index (χ4n) is 3.15. The monoisotopic (exact) mass is 480 g/mol. The number of rotatable bonds is 7. The van der Waals surface area contributed by atoms with Crippen LogP contribution in [-0.2, 0) is 24.8 Å². The van der Waals surface area contributed by atoms with Crippen LogP contribution in [0.25, 0.3) is 0 Å². The standard InChI is InChI=1S/C20H24N4O6S2/c1-23(31(27,28)17-7-3-2-4-8-17)15-19(25)21-22-20(26)16-9-11-18(12-10-16)32(29,30)24-13-5-6-14-24/h2-4,7-12H,5-6,13-15H2,1H3,(H,21,25)(H,22,26). The van der Waals surface area contributed by atoms with Gasteiger partial charge in [-0.3, -0.25) is 20.4 Å². The van der Waals surface area contributed by atoms with Gasteiger partial charge in [0.1, 0.15) is 0 Å². The second-order valence-corrected chi connectivity index (χ2v) is 11.2. The Labute approximate surface area is 187 Å². The molecule has 0 atom stereocenters. The van der Waals surface area contributed by atoms with Gasteiger partial charge in [-0.1, -0.05) is 18.2 Å². The van der Waals surface area contributed by atoms with Crippen molar-refractivity contribution >= 4 is 31.9 Å². The van der Waals surface area contributed by atoms with Crippen molar-refractivity contribution in [1.82, 2.24) is 19.5 Å². The maximum absolute atomic E-state index is 12.5. The largest absolute Gasteiger partial charge is 0.272 e. The molecule has 0 bridgehead atoms. The normalized spacial score (nSPS) is 14.9. The number of amides is 2. The van der Waals surface area contributed by atoms with Crippen molar-refractivity contribution in [2.45, 2.75) is 22.6 Å². The highest BCUT2D eigenvalue weighted by Gasteiger charge is 2.27. The third kappa shape index (κ3) is 5.33. The van der Waals surface area contributed by atoms with Crippen LogP contribution in [-0.4, -0.2) is 63.9 Å². The Morgan fingerprint density at radius 1 is 0.875 bits per heavy atom. The molecule has 172 valence electrons. The molecule has 0 spiro atoms. The maximum atomic E-state index is 12.5. The van der Waals surface area contributed by atoms with Crippen molar-refractivity contribution in [3.8, 4) is 0 Å².